The molecule has 0 amide bonds. The fraction of sp³-hybridized carbons (Fsp3) is 0.647. The number of benzene rings is 1. The highest BCUT2D eigenvalue weighted by molar-refractivity contribution is 5.19. The molecular formula is C17H29NO. The van der Waals surface area contributed by atoms with Crippen molar-refractivity contribution in [2.24, 2.45) is 0 Å². The van der Waals surface area contributed by atoms with Gasteiger partial charge >= 0.3 is 0 Å². The van der Waals surface area contributed by atoms with Gasteiger partial charge in [-0.05, 0) is 19.0 Å². The Bertz CT molecular complexity index is 312. The van der Waals surface area contributed by atoms with Gasteiger partial charge in [0.15, 0.2) is 0 Å². The molecule has 2 heteroatoms. The lowest BCUT2D eigenvalue weighted by atomic mass is 9.97. The lowest BCUT2D eigenvalue weighted by Gasteiger charge is -2.26. The van der Waals surface area contributed by atoms with E-state index >= 15 is 0 Å². The standard InChI is InChI=1S/C17H29NO/c1-4-5-6-7-11-14-16(18-2)17(19-3)15-12-9-8-10-13-15/h8-10,12-13,16-18H,4-7,11,14H2,1-3H3. The van der Waals surface area contributed by atoms with E-state index in [1.54, 1.807) is 7.11 Å². The molecule has 0 bridgehead atoms. The van der Waals surface area contributed by atoms with Crippen LogP contribution >= 0.6 is 0 Å². The SMILES string of the molecule is CCCCCCCC(NC)C(OC)c1ccccc1. The highest BCUT2D eigenvalue weighted by atomic mass is 16.5. The molecule has 0 saturated carbocycles. The summed E-state index contributed by atoms with van der Waals surface area (Å²) in [4.78, 5) is 0. The van der Waals surface area contributed by atoms with Gasteiger partial charge in [-0.25, -0.2) is 0 Å². The number of unbranched alkanes of at least 4 members (excludes halogenated alkanes) is 4. The average Bonchev–Trinajstić information content (AvgIpc) is 2.47. The molecule has 0 spiro atoms. The van der Waals surface area contributed by atoms with Crippen LogP contribution in [0.5, 0.6) is 0 Å². The zero-order valence-electron chi connectivity index (χ0n) is 12.7. The van der Waals surface area contributed by atoms with E-state index in [4.69, 9.17) is 4.74 Å². The number of methoxy groups -OCH3 is 1. The zero-order valence-corrected chi connectivity index (χ0v) is 12.7. The van der Waals surface area contributed by atoms with Crippen molar-refractivity contribution in [1.29, 1.82) is 0 Å². The average molecular weight is 263 g/mol. The van der Waals surface area contributed by atoms with Crippen molar-refractivity contribution in [2.45, 2.75) is 57.6 Å². The van der Waals surface area contributed by atoms with Gasteiger partial charge in [-0.1, -0.05) is 69.4 Å². The van der Waals surface area contributed by atoms with Gasteiger partial charge in [0.2, 0.25) is 0 Å². The smallest absolute Gasteiger partial charge is 0.0973 e. The Hall–Kier alpha value is -0.860. The largest absolute Gasteiger partial charge is 0.375 e. The third-order valence-electron chi connectivity index (χ3n) is 3.74. The van der Waals surface area contributed by atoms with Gasteiger partial charge in [-0.2, -0.15) is 0 Å². The second kappa shape index (κ2) is 9.99. The number of rotatable bonds is 10. The van der Waals surface area contributed by atoms with E-state index in [1.807, 2.05) is 7.05 Å². The van der Waals surface area contributed by atoms with Gasteiger partial charge in [-0.15, -0.1) is 0 Å². The molecule has 0 aliphatic carbocycles. The summed E-state index contributed by atoms with van der Waals surface area (Å²) < 4.78 is 5.71. The normalized spacial score (nSPS) is 14.3. The van der Waals surface area contributed by atoms with Crippen LogP contribution in [0.1, 0.15) is 57.1 Å². The molecule has 19 heavy (non-hydrogen) atoms. The Labute approximate surface area is 118 Å². The van der Waals surface area contributed by atoms with Gasteiger partial charge in [0.05, 0.1) is 6.10 Å². The summed E-state index contributed by atoms with van der Waals surface area (Å²) in [6, 6.07) is 10.9. The van der Waals surface area contributed by atoms with Crippen LogP contribution < -0.4 is 5.32 Å². The molecule has 1 aromatic carbocycles. The summed E-state index contributed by atoms with van der Waals surface area (Å²) >= 11 is 0. The van der Waals surface area contributed by atoms with Crippen molar-refractivity contribution in [3.05, 3.63) is 35.9 Å². The minimum absolute atomic E-state index is 0.150. The first-order valence-electron chi connectivity index (χ1n) is 7.58. The Morgan fingerprint density at radius 2 is 1.74 bits per heavy atom. The zero-order chi connectivity index (χ0) is 13.9. The van der Waals surface area contributed by atoms with Crippen molar-refractivity contribution in [1.82, 2.24) is 5.32 Å². The quantitative estimate of drug-likeness (QED) is 0.635. The first kappa shape index (κ1) is 16.2. The summed E-state index contributed by atoms with van der Waals surface area (Å²) in [5.74, 6) is 0. The highest BCUT2D eigenvalue weighted by Gasteiger charge is 2.20. The summed E-state index contributed by atoms with van der Waals surface area (Å²) in [6.07, 6.45) is 7.95. The molecule has 1 N–H and O–H groups in total. The summed E-state index contributed by atoms with van der Waals surface area (Å²) in [7, 11) is 3.84. The number of likely N-dealkylation sites (N-methyl/N-ethyl adjacent to an activating group) is 1. The third kappa shape index (κ3) is 5.75. The molecular weight excluding hydrogens is 234 g/mol. The van der Waals surface area contributed by atoms with E-state index < -0.39 is 0 Å². The molecule has 2 atom stereocenters. The molecule has 0 aromatic heterocycles. The molecule has 2 nitrogen and oxygen atoms in total. The molecule has 0 fully saturated rings. The molecule has 0 radical (unpaired) electrons. The lowest BCUT2D eigenvalue weighted by Crippen LogP contribution is -2.33. The van der Waals surface area contributed by atoms with Crippen LogP contribution in [0.15, 0.2) is 30.3 Å². The van der Waals surface area contributed by atoms with Crippen LogP contribution in [0.25, 0.3) is 0 Å². The molecule has 0 aliphatic heterocycles. The van der Waals surface area contributed by atoms with Gasteiger partial charge < -0.3 is 10.1 Å². The molecule has 108 valence electrons. The van der Waals surface area contributed by atoms with Gasteiger partial charge in [0, 0.05) is 13.2 Å². The first-order chi connectivity index (χ1) is 9.33. The Balaban J connectivity index is 2.47. The van der Waals surface area contributed by atoms with Gasteiger partial charge in [0.25, 0.3) is 0 Å². The predicted octanol–water partition coefficient (Wildman–Crippen LogP) is 4.32. The minimum atomic E-state index is 0.150. The van der Waals surface area contributed by atoms with Gasteiger partial charge in [0.1, 0.15) is 0 Å². The van der Waals surface area contributed by atoms with Crippen LogP contribution in [0.4, 0.5) is 0 Å². The molecule has 0 saturated heterocycles. The maximum absolute atomic E-state index is 5.71. The second-order valence-corrected chi connectivity index (χ2v) is 5.17. The third-order valence-corrected chi connectivity index (χ3v) is 3.74. The van der Waals surface area contributed by atoms with Crippen LogP contribution in [-0.4, -0.2) is 20.2 Å². The Kier molecular flexibility index (Phi) is 8.52. The van der Waals surface area contributed by atoms with Crippen molar-refractivity contribution in [3.63, 3.8) is 0 Å². The van der Waals surface area contributed by atoms with Crippen molar-refractivity contribution in [3.8, 4) is 0 Å². The Morgan fingerprint density at radius 3 is 2.32 bits per heavy atom. The van der Waals surface area contributed by atoms with E-state index in [0.717, 1.165) is 0 Å². The minimum Gasteiger partial charge on any atom is -0.375 e. The van der Waals surface area contributed by atoms with Crippen LogP contribution in [0, 0.1) is 0 Å². The number of hydrogen-bond donors (Lipinski definition) is 1. The summed E-state index contributed by atoms with van der Waals surface area (Å²) in [5, 5.41) is 3.42. The van der Waals surface area contributed by atoms with Crippen LogP contribution in [0.3, 0.4) is 0 Å². The van der Waals surface area contributed by atoms with E-state index in [9.17, 15) is 0 Å². The summed E-state index contributed by atoms with van der Waals surface area (Å²) in [6.45, 7) is 2.26. The van der Waals surface area contributed by atoms with E-state index in [1.165, 1.54) is 44.1 Å². The predicted molar refractivity (Wildman–Crippen MR) is 82.4 cm³/mol. The molecule has 0 aliphatic rings. The van der Waals surface area contributed by atoms with E-state index in [0.29, 0.717) is 6.04 Å². The van der Waals surface area contributed by atoms with Crippen molar-refractivity contribution < 1.29 is 4.74 Å². The van der Waals surface area contributed by atoms with E-state index in [-0.39, 0.29) is 6.10 Å². The maximum atomic E-state index is 5.71. The molecule has 0 heterocycles. The first-order valence-corrected chi connectivity index (χ1v) is 7.58. The number of ether oxygens (including phenoxy) is 1. The van der Waals surface area contributed by atoms with Gasteiger partial charge in [-0.3, -0.25) is 0 Å². The van der Waals surface area contributed by atoms with Crippen LogP contribution in [0.2, 0.25) is 0 Å². The van der Waals surface area contributed by atoms with Crippen molar-refractivity contribution >= 4 is 0 Å². The fourth-order valence-corrected chi connectivity index (χ4v) is 2.59. The number of nitrogens with one attached hydrogen (secondary N) is 1. The van der Waals surface area contributed by atoms with E-state index in [2.05, 4.69) is 42.6 Å². The molecule has 1 rings (SSSR count). The maximum Gasteiger partial charge on any atom is 0.0973 e. The van der Waals surface area contributed by atoms with Crippen LogP contribution in [-0.2, 0) is 4.74 Å². The second-order valence-electron chi connectivity index (χ2n) is 5.17. The fourth-order valence-electron chi connectivity index (χ4n) is 2.59. The lowest BCUT2D eigenvalue weighted by molar-refractivity contribution is 0.0666. The monoisotopic (exact) mass is 263 g/mol. The van der Waals surface area contributed by atoms with Crippen molar-refractivity contribution in [2.75, 3.05) is 14.2 Å². The molecule has 2 unspecified atom stereocenters. The highest BCUT2D eigenvalue weighted by Crippen LogP contribution is 2.23. The molecule has 1 aromatic rings. The topological polar surface area (TPSA) is 21.3 Å². The Morgan fingerprint density at radius 1 is 1.05 bits per heavy atom. The number of hydrogen-bond acceptors (Lipinski definition) is 2. The summed E-state index contributed by atoms with van der Waals surface area (Å²) in [5.41, 5.74) is 1.26.